The molecule has 4 nitrogen and oxygen atoms in total. The molecule has 1 aliphatic rings. The molecule has 0 bridgehead atoms. The monoisotopic (exact) mass is 566 g/mol. The van der Waals surface area contributed by atoms with Crippen LogP contribution in [-0.4, -0.2) is 20.2 Å². The third-order valence-electron chi connectivity index (χ3n) is 5.86. The number of halogens is 4. The van der Waals surface area contributed by atoms with Crippen molar-refractivity contribution in [3.05, 3.63) is 80.0 Å². The minimum Gasteiger partial charge on any atom is -0.493 e. The van der Waals surface area contributed by atoms with Crippen molar-refractivity contribution in [2.24, 2.45) is 0 Å². The zero-order valence-electron chi connectivity index (χ0n) is 18.8. The van der Waals surface area contributed by atoms with Crippen molar-refractivity contribution in [1.82, 2.24) is 0 Å². The Morgan fingerprint density at radius 2 is 1.74 bits per heavy atom. The molecular formula is C26H26BrCl2FN2O2. The first-order valence-corrected chi connectivity index (χ1v) is 12.7. The minimum absolute atomic E-state index is 0.196. The van der Waals surface area contributed by atoms with Crippen LogP contribution < -0.4 is 19.7 Å². The number of nitrogens with zero attached hydrogens (tertiary/aromatic N) is 1. The number of ether oxygens (including phenoxy) is 2. The number of nitrogens with one attached hydrogen (secondary N) is 1. The van der Waals surface area contributed by atoms with Gasteiger partial charge in [0, 0.05) is 35.4 Å². The molecule has 4 rings (SSSR count). The van der Waals surface area contributed by atoms with Gasteiger partial charge in [0.2, 0.25) is 0 Å². The van der Waals surface area contributed by atoms with E-state index in [4.69, 9.17) is 32.7 Å². The summed E-state index contributed by atoms with van der Waals surface area (Å²) in [6, 6.07) is 14.1. The highest BCUT2D eigenvalue weighted by molar-refractivity contribution is 9.10. The lowest BCUT2D eigenvalue weighted by molar-refractivity contribution is 0.284. The van der Waals surface area contributed by atoms with Crippen molar-refractivity contribution in [2.45, 2.75) is 32.4 Å². The summed E-state index contributed by atoms with van der Waals surface area (Å²) in [5.74, 6) is 0.775. The number of piperidine rings is 1. The molecule has 3 aromatic rings. The maximum absolute atomic E-state index is 13.3. The summed E-state index contributed by atoms with van der Waals surface area (Å²) >= 11 is 16.3. The van der Waals surface area contributed by atoms with E-state index >= 15 is 0 Å². The van der Waals surface area contributed by atoms with E-state index in [0.717, 1.165) is 39.5 Å². The molecule has 0 amide bonds. The maximum atomic E-state index is 13.3. The summed E-state index contributed by atoms with van der Waals surface area (Å²) < 4.78 is 25.6. The quantitative estimate of drug-likeness (QED) is 0.298. The van der Waals surface area contributed by atoms with Gasteiger partial charge in [-0.05, 0) is 67.3 Å². The topological polar surface area (TPSA) is 33.7 Å². The largest absolute Gasteiger partial charge is 0.493 e. The number of rotatable bonds is 8. The summed E-state index contributed by atoms with van der Waals surface area (Å²) in [6.07, 6.45) is 3.71. The molecule has 0 aliphatic carbocycles. The minimum atomic E-state index is -0.381. The lowest BCUT2D eigenvalue weighted by Gasteiger charge is -2.29. The van der Waals surface area contributed by atoms with Gasteiger partial charge in [-0.3, -0.25) is 0 Å². The van der Waals surface area contributed by atoms with Crippen LogP contribution in [0.25, 0.3) is 0 Å². The molecule has 0 radical (unpaired) electrons. The average molecular weight is 568 g/mol. The molecule has 0 spiro atoms. The first kappa shape index (κ1) is 25.0. The molecule has 1 aliphatic heterocycles. The molecule has 180 valence electrons. The Balaban J connectivity index is 1.42. The van der Waals surface area contributed by atoms with Crippen molar-refractivity contribution in [1.29, 1.82) is 0 Å². The summed E-state index contributed by atoms with van der Waals surface area (Å²) in [5, 5.41) is 4.51. The van der Waals surface area contributed by atoms with Crippen LogP contribution in [0.5, 0.6) is 11.5 Å². The highest BCUT2D eigenvalue weighted by atomic mass is 79.9. The zero-order valence-corrected chi connectivity index (χ0v) is 21.9. The van der Waals surface area contributed by atoms with Gasteiger partial charge in [-0.1, -0.05) is 45.2 Å². The van der Waals surface area contributed by atoms with Crippen LogP contribution in [0.15, 0.2) is 53.0 Å². The second kappa shape index (κ2) is 11.5. The van der Waals surface area contributed by atoms with E-state index in [1.165, 1.54) is 31.4 Å². The SMILES string of the molecule is COc1cc(CNc2ccc(N3CCCCC3)c(Cl)c2)c(Br)cc1OCc1ccc(F)cc1Cl. The lowest BCUT2D eigenvalue weighted by Crippen LogP contribution is -2.29. The molecular weight excluding hydrogens is 542 g/mol. The Labute approximate surface area is 218 Å². The molecule has 1 fully saturated rings. The predicted molar refractivity (Wildman–Crippen MR) is 141 cm³/mol. The molecule has 0 saturated carbocycles. The third kappa shape index (κ3) is 6.09. The van der Waals surface area contributed by atoms with Crippen LogP contribution in [0, 0.1) is 5.82 Å². The van der Waals surface area contributed by atoms with Crippen LogP contribution in [0.1, 0.15) is 30.4 Å². The standard InChI is InChI=1S/C26H26BrCl2FN2O2/c1-33-25-11-18(21(27)14-26(25)34-16-17-5-6-19(30)12-22(17)28)15-31-20-7-8-24(23(29)13-20)32-9-3-2-4-10-32/h5-8,11-14,31H,2-4,9-10,15-16H2,1H3. The third-order valence-corrected chi connectivity index (χ3v) is 7.25. The van der Waals surface area contributed by atoms with Gasteiger partial charge in [0.1, 0.15) is 12.4 Å². The lowest BCUT2D eigenvalue weighted by atomic mass is 10.1. The molecule has 3 aromatic carbocycles. The molecule has 1 saturated heterocycles. The van der Waals surface area contributed by atoms with Crippen molar-refractivity contribution in [3.63, 3.8) is 0 Å². The first-order chi connectivity index (χ1) is 16.4. The van der Waals surface area contributed by atoms with Crippen LogP contribution in [0.4, 0.5) is 15.8 Å². The maximum Gasteiger partial charge on any atom is 0.162 e. The summed E-state index contributed by atoms with van der Waals surface area (Å²) in [5.41, 5.74) is 3.73. The molecule has 8 heteroatoms. The van der Waals surface area contributed by atoms with Gasteiger partial charge in [0.25, 0.3) is 0 Å². The number of anilines is 2. The van der Waals surface area contributed by atoms with Crippen molar-refractivity contribution in [2.75, 3.05) is 30.4 Å². The Bertz CT molecular complexity index is 1160. The van der Waals surface area contributed by atoms with Gasteiger partial charge in [-0.15, -0.1) is 0 Å². The van der Waals surface area contributed by atoms with Crippen molar-refractivity contribution < 1.29 is 13.9 Å². The fourth-order valence-corrected chi connectivity index (χ4v) is 4.97. The zero-order chi connectivity index (χ0) is 24.1. The van der Waals surface area contributed by atoms with E-state index in [-0.39, 0.29) is 12.4 Å². The molecule has 0 unspecified atom stereocenters. The van der Waals surface area contributed by atoms with Gasteiger partial charge in [-0.25, -0.2) is 4.39 Å². The average Bonchev–Trinajstić information content (AvgIpc) is 2.83. The second-order valence-electron chi connectivity index (χ2n) is 8.19. The Hall–Kier alpha value is -2.15. The normalized spacial score (nSPS) is 13.6. The van der Waals surface area contributed by atoms with Crippen LogP contribution in [0.2, 0.25) is 10.0 Å². The van der Waals surface area contributed by atoms with Gasteiger partial charge < -0.3 is 19.7 Å². The molecule has 1 N–H and O–H groups in total. The summed E-state index contributed by atoms with van der Waals surface area (Å²) in [7, 11) is 1.59. The van der Waals surface area contributed by atoms with E-state index in [1.54, 1.807) is 13.2 Å². The first-order valence-electron chi connectivity index (χ1n) is 11.2. The van der Waals surface area contributed by atoms with Gasteiger partial charge in [0.15, 0.2) is 11.5 Å². The number of methoxy groups -OCH3 is 1. The highest BCUT2D eigenvalue weighted by Crippen LogP contribution is 2.36. The van der Waals surface area contributed by atoms with E-state index in [1.807, 2.05) is 18.2 Å². The van der Waals surface area contributed by atoms with Crippen LogP contribution in [0.3, 0.4) is 0 Å². The van der Waals surface area contributed by atoms with Gasteiger partial charge in [0.05, 0.1) is 22.8 Å². The summed E-state index contributed by atoms with van der Waals surface area (Å²) in [4.78, 5) is 2.36. The fraction of sp³-hybridized carbons (Fsp3) is 0.308. The van der Waals surface area contributed by atoms with E-state index in [9.17, 15) is 4.39 Å². The van der Waals surface area contributed by atoms with Gasteiger partial charge >= 0.3 is 0 Å². The Kier molecular flexibility index (Phi) is 8.46. The van der Waals surface area contributed by atoms with Crippen LogP contribution >= 0.6 is 39.1 Å². The van der Waals surface area contributed by atoms with E-state index < -0.39 is 0 Å². The smallest absolute Gasteiger partial charge is 0.162 e. The fourth-order valence-electron chi connectivity index (χ4n) is 3.98. The Morgan fingerprint density at radius 1 is 0.941 bits per heavy atom. The molecule has 34 heavy (non-hydrogen) atoms. The summed E-state index contributed by atoms with van der Waals surface area (Å²) in [6.45, 7) is 2.88. The number of benzene rings is 3. The van der Waals surface area contributed by atoms with E-state index in [0.29, 0.717) is 28.6 Å². The van der Waals surface area contributed by atoms with E-state index in [2.05, 4.69) is 38.3 Å². The van der Waals surface area contributed by atoms with Gasteiger partial charge in [-0.2, -0.15) is 0 Å². The van der Waals surface area contributed by atoms with Crippen molar-refractivity contribution in [3.8, 4) is 11.5 Å². The molecule has 0 atom stereocenters. The number of hydrogen-bond donors (Lipinski definition) is 1. The van der Waals surface area contributed by atoms with Crippen molar-refractivity contribution >= 4 is 50.5 Å². The molecule has 0 aromatic heterocycles. The predicted octanol–water partition coefficient (Wildman–Crippen LogP) is 8.09. The second-order valence-corrected chi connectivity index (χ2v) is 9.86. The van der Waals surface area contributed by atoms with Crippen LogP contribution in [-0.2, 0) is 13.2 Å². The number of hydrogen-bond acceptors (Lipinski definition) is 4. The molecule has 1 heterocycles. The highest BCUT2D eigenvalue weighted by Gasteiger charge is 2.15. The Morgan fingerprint density at radius 3 is 2.44 bits per heavy atom.